The first-order valence-electron chi connectivity index (χ1n) is 2.24. The van der Waals surface area contributed by atoms with Crippen LogP contribution in [0.2, 0.25) is 0 Å². The molecular weight excluding hydrogens is 122 g/mol. The van der Waals surface area contributed by atoms with Crippen molar-refractivity contribution in [3.63, 3.8) is 0 Å². The summed E-state index contributed by atoms with van der Waals surface area (Å²) in [5, 5.41) is 6.87. The highest BCUT2D eigenvalue weighted by atomic mass is 32.2. The van der Waals surface area contributed by atoms with Crippen LogP contribution in [0.25, 0.3) is 0 Å². The molecule has 1 aliphatic heterocycles. The third-order valence-electron chi connectivity index (χ3n) is 0.844. The first-order valence-corrected chi connectivity index (χ1v) is 3.06. The van der Waals surface area contributed by atoms with Gasteiger partial charge in [0, 0.05) is 17.5 Å². The maximum atomic E-state index is 10.4. The minimum absolute atomic E-state index is 0.142. The van der Waals surface area contributed by atoms with Crippen molar-refractivity contribution in [2.75, 3.05) is 0 Å². The zero-order chi connectivity index (χ0) is 5.98. The van der Waals surface area contributed by atoms with Gasteiger partial charge < -0.3 is 5.41 Å². The number of hydrogen-bond acceptors (Lipinski definition) is 3. The molecule has 3 heteroatoms. The van der Waals surface area contributed by atoms with Gasteiger partial charge in [0.2, 0.25) is 0 Å². The van der Waals surface area contributed by atoms with Crippen molar-refractivity contribution in [3.05, 3.63) is 11.0 Å². The Morgan fingerprint density at radius 3 is 2.88 bits per heavy atom. The molecule has 1 aliphatic rings. The van der Waals surface area contributed by atoms with Crippen molar-refractivity contribution in [3.8, 4) is 0 Å². The fourth-order valence-corrected chi connectivity index (χ4v) is 1.14. The van der Waals surface area contributed by atoms with Crippen LogP contribution in [0.4, 0.5) is 0 Å². The van der Waals surface area contributed by atoms with E-state index < -0.39 is 0 Å². The standard InChI is InChI=1S/C5H5NOS/c6-3-4-1-2-5(7)8-4/h1,3,6H,2H2. The molecule has 0 atom stereocenters. The minimum atomic E-state index is 0.142. The summed E-state index contributed by atoms with van der Waals surface area (Å²) < 4.78 is 0. The van der Waals surface area contributed by atoms with Crippen LogP contribution in [-0.4, -0.2) is 11.3 Å². The van der Waals surface area contributed by atoms with Gasteiger partial charge in [0.15, 0.2) is 5.12 Å². The van der Waals surface area contributed by atoms with Crippen LogP contribution in [-0.2, 0) is 4.79 Å². The third-order valence-corrected chi connectivity index (χ3v) is 1.76. The van der Waals surface area contributed by atoms with Crippen LogP contribution < -0.4 is 0 Å². The quantitative estimate of drug-likeness (QED) is 0.537. The van der Waals surface area contributed by atoms with Gasteiger partial charge in [-0.15, -0.1) is 0 Å². The smallest absolute Gasteiger partial charge is 0.197 e. The van der Waals surface area contributed by atoms with Gasteiger partial charge >= 0.3 is 0 Å². The van der Waals surface area contributed by atoms with Crippen molar-refractivity contribution >= 4 is 23.1 Å². The molecule has 1 heterocycles. The Morgan fingerprint density at radius 1 is 1.88 bits per heavy atom. The van der Waals surface area contributed by atoms with Crippen LogP contribution in [0.5, 0.6) is 0 Å². The summed E-state index contributed by atoms with van der Waals surface area (Å²) >= 11 is 1.14. The van der Waals surface area contributed by atoms with Gasteiger partial charge in [-0.25, -0.2) is 0 Å². The summed E-state index contributed by atoms with van der Waals surface area (Å²) in [5.41, 5.74) is 0. The lowest BCUT2D eigenvalue weighted by molar-refractivity contribution is -0.110. The lowest BCUT2D eigenvalue weighted by atomic mass is 10.4. The van der Waals surface area contributed by atoms with E-state index in [1.165, 1.54) is 6.21 Å². The molecule has 8 heavy (non-hydrogen) atoms. The largest absolute Gasteiger partial charge is 0.308 e. The molecule has 42 valence electrons. The second kappa shape index (κ2) is 2.13. The molecule has 1 N–H and O–H groups in total. The van der Waals surface area contributed by atoms with Gasteiger partial charge in [-0.1, -0.05) is 17.8 Å². The Balaban J connectivity index is 2.61. The maximum Gasteiger partial charge on any atom is 0.197 e. The second-order valence-electron chi connectivity index (χ2n) is 1.43. The van der Waals surface area contributed by atoms with Gasteiger partial charge in [0.1, 0.15) is 0 Å². The molecule has 0 amide bonds. The average molecular weight is 127 g/mol. The topological polar surface area (TPSA) is 40.9 Å². The van der Waals surface area contributed by atoms with Gasteiger partial charge in [-0.05, 0) is 0 Å². The summed E-state index contributed by atoms with van der Waals surface area (Å²) in [6.45, 7) is 0. The molecule has 0 aromatic carbocycles. The number of carbonyl (C=O) groups is 1. The van der Waals surface area contributed by atoms with Crippen molar-refractivity contribution in [1.29, 1.82) is 5.41 Å². The van der Waals surface area contributed by atoms with E-state index in [9.17, 15) is 4.79 Å². The van der Waals surface area contributed by atoms with E-state index in [1.54, 1.807) is 6.08 Å². The maximum absolute atomic E-state index is 10.4. The summed E-state index contributed by atoms with van der Waals surface area (Å²) in [6, 6.07) is 0. The fraction of sp³-hybridized carbons (Fsp3) is 0.200. The van der Waals surface area contributed by atoms with Crippen molar-refractivity contribution in [2.45, 2.75) is 6.42 Å². The molecular formula is C5H5NOS. The van der Waals surface area contributed by atoms with Gasteiger partial charge in [-0.3, -0.25) is 4.79 Å². The summed E-state index contributed by atoms with van der Waals surface area (Å²) in [6.07, 6.45) is 3.46. The highest BCUT2D eigenvalue weighted by molar-refractivity contribution is 8.17. The SMILES string of the molecule is N=CC1=CCC(=O)S1. The predicted molar refractivity (Wildman–Crippen MR) is 34.1 cm³/mol. The number of rotatable bonds is 1. The normalized spacial score (nSPS) is 18.5. The Bertz CT molecular complexity index is 162. The van der Waals surface area contributed by atoms with E-state index in [0.29, 0.717) is 6.42 Å². The van der Waals surface area contributed by atoms with Crippen LogP contribution in [0.1, 0.15) is 6.42 Å². The van der Waals surface area contributed by atoms with Crippen molar-refractivity contribution in [2.24, 2.45) is 0 Å². The number of allylic oxidation sites excluding steroid dienone is 2. The van der Waals surface area contributed by atoms with Crippen LogP contribution >= 0.6 is 11.8 Å². The Hall–Kier alpha value is -0.570. The number of nitrogens with one attached hydrogen (secondary N) is 1. The third kappa shape index (κ3) is 0.980. The highest BCUT2D eigenvalue weighted by Gasteiger charge is 2.10. The minimum Gasteiger partial charge on any atom is -0.308 e. The van der Waals surface area contributed by atoms with E-state index in [0.717, 1.165) is 16.7 Å². The van der Waals surface area contributed by atoms with E-state index in [4.69, 9.17) is 5.41 Å². The van der Waals surface area contributed by atoms with Gasteiger partial charge in [0.05, 0.1) is 0 Å². The molecule has 1 rings (SSSR count). The average Bonchev–Trinajstić information content (AvgIpc) is 2.14. The van der Waals surface area contributed by atoms with Gasteiger partial charge in [0.25, 0.3) is 0 Å². The van der Waals surface area contributed by atoms with Crippen molar-refractivity contribution in [1.82, 2.24) is 0 Å². The Kier molecular flexibility index (Phi) is 1.48. The number of thioether (sulfide) groups is 1. The van der Waals surface area contributed by atoms with Crippen LogP contribution in [0.15, 0.2) is 11.0 Å². The fourth-order valence-electron chi connectivity index (χ4n) is 0.487. The predicted octanol–water partition coefficient (Wildman–Crippen LogP) is 1.18. The van der Waals surface area contributed by atoms with Crippen LogP contribution in [0, 0.1) is 5.41 Å². The summed E-state index contributed by atoms with van der Waals surface area (Å²) in [7, 11) is 0. The van der Waals surface area contributed by atoms with E-state index >= 15 is 0 Å². The van der Waals surface area contributed by atoms with E-state index in [1.807, 2.05) is 0 Å². The molecule has 0 aromatic heterocycles. The monoisotopic (exact) mass is 127 g/mol. The first-order chi connectivity index (χ1) is 3.83. The molecule has 0 bridgehead atoms. The molecule has 0 aliphatic carbocycles. The lowest BCUT2D eigenvalue weighted by Crippen LogP contribution is -1.78. The summed E-state index contributed by atoms with van der Waals surface area (Å²) in [4.78, 5) is 11.2. The first kappa shape index (κ1) is 5.56. The molecule has 0 radical (unpaired) electrons. The zero-order valence-corrected chi connectivity index (χ0v) is 4.99. The lowest BCUT2D eigenvalue weighted by Gasteiger charge is -1.81. The van der Waals surface area contributed by atoms with Gasteiger partial charge in [-0.2, -0.15) is 0 Å². The second-order valence-corrected chi connectivity index (χ2v) is 2.56. The molecule has 2 nitrogen and oxygen atoms in total. The molecule has 0 unspecified atom stereocenters. The molecule has 0 spiro atoms. The zero-order valence-electron chi connectivity index (χ0n) is 4.18. The Labute approximate surface area is 51.5 Å². The number of carbonyl (C=O) groups excluding carboxylic acids is 1. The van der Waals surface area contributed by atoms with E-state index in [2.05, 4.69) is 0 Å². The van der Waals surface area contributed by atoms with Crippen LogP contribution in [0.3, 0.4) is 0 Å². The molecule has 0 saturated heterocycles. The van der Waals surface area contributed by atoms with E-state index in [-0.39, 0.29) is 5.12 Å². The molecule has 0 saturated carbocycles. The molecule has 0 fully saturated rings. The summed E-state index contributed by atoms with van der Waals surface area (Å²) in [5.74, 6) is 0. The Morgan fingerprint density at radius 2 is 2.62 bits per heavy atom. The number of hydrogen-bond donors (Lipinski definition) is 1. The highest BCUT2D eigenvalue weighted by Crippen LogP contribution is 2.23. The molecule has 0 aromatic rings. The van der Waals surface area contributed by atoms with Crippen molar-refractivity contribution < 1.29 is 4.79 Å².